The molecule has 14 heavy (non-hydrogen) atoms. The molecule has 1 atom stereocenters. The summed E-state index contributed by atoms with van der Waals surface area (Å²) < 4.78 is 0. The second-order valence-electron chi connectivity index (χ2n) is 2.78. The molecule has 0 aliphatic rings. The van der Waals surface area contributed by atoms with Gasteiger partial charge in [-0.3, -0.25) is 10.1 Å². The molecule has 1 rings (SSSR count). The fourth-order valence-electron chi connectivity index (χ4n) is 1.09. The van der Waals surface area contributed by atoms with Crippen LogP contribution in [0.3, 0.4) is 0 Å². The van der Waals surface area contributed by atoms with Gasteiger partial charge < -0.3 is 0 Å². The Kier molecular flexibility index (Phi) is 3.25. The number of allylic oxidation sites excluding steroid dienone is 1. The van der Waals surface area contributed by atoms with E-state index in [-0.39, 0.29) is 16.6 Å². The highest BCUT2D eigenvalue weighted by Gasteiger charge is 2.17. The molecule has 4 heteroatoms. The van der Waals surface area contributed by atoms with Crippen LogP contribution in [0.15, 0.2) is 30.9 Å². The summed E-state index contributed by atoms with van der Waals surface area (Å²) in [6.45, 7) is 7.32. The summed E-state index contributed by atoms with van der Waals surface area (Å²) in [7, 11) is 0. The van der Waals surface area contributed by atoms with Crippen molar-refractivity contribution >= 4 is 17.3 Å². The van der Waals surface area contributed by atoms with Crippen LogP contribution in [0.5, 0.6) is 0 Å². The van der Waals surface area contributed by atoms with E-state index in [9.17, 15) is 10.1 Å². The van der Waals surface area contributed by atoms with Crippen LogP contribution >= 0.6 is 11.6 Å². The van der Waals surface area contributed by atoms with Crippen molar-refractivity contribution in [2.24, 2.45) is 0 Å². The zero-order chi connectivity index (χ0) is 10.7. The first-order chi connectivity index (χ1) is 6.57. The van der Waals surface area contributed by atoms with Gasteiger partial charge in [-0.25, -0.2) is 0 Å². The van der Waals surface area contributed by atoms with Crippen molar-refractivity contribution in [1.29, 1.82) is 0 Å². The predicted molar refractivity (Wildman–Crippen MR) is 56.4 cm³/mol. The smallest absolute Gasteiger partial charge is 0.258 e. The monoisotopic (exact) mass is 210 g/mol. The third-order valence-corrected chi connectivity index (χ3v) is 2.30. The molecule has 0 spiro atoms. The quantitative estimate of drug-likeness (QED) is 0.436. The number of nitrogens with zero attached hydrogens (tertiary/aromatic N) is 1. The summed E-state index contributed by atoms with van der Waals surface area (Å²) >= 11 is 5.85. The lowest BCUT2D eigenvalue weighted by Crippen LogP contribution is -1.95. The van der Waals surface area contributed by atoms with Crippen LogP contribution in [0, 0.1) is 17.0 Å². The molecule has 0 amide bonds. The number of rotatable bonds is 3. The average Bonchev–Trinajstić information content (AvgIpc) is 2.16. The van der Waals surface area contributed by atoms with E-state index >= 15 is 0 Å². The van der Waals surface area contributed by atoms with Crippen LogP contribution in [0.4, 0.5) is 5.69 Å². The molecule has 1 aromatic carbocycles. The number of nitro benzene ring substituents is 1. The summed E-state index contributed by atoms with van der Waals surface area (Å²) in [5.74, 6) is -0.234. The predicted octanol–water partition coefficient (Wildman–Crippen LogP) is 3.35. The fourth-order valence-corrected chi connectivity index (χ4v) is 1.43. The van der Waals surface area contributed by atoms with Crippen molar-refractivity contribution in [2.75, 3.05) is 0 Å². The zero-order valence-corrected chi connectivity index (χ0v) is 8.20. The first-order valence-corrected chi connectivity index (χ1v) is 4.34. The second kappa shape index (κ2) is 4.24. The van der Waals surface area contributed by atoms with E-state index in [1.54, 1.807) is 18.2 Å². The molecule has 1 radical (unpaired) electrons. The Balaban J connectivity index is 3.26. The normalized spacial score (nSPS) is 12.1. The average molecular weight is 211 g/mol. The fraction of sp³-hybridized carbons (Fsp3) is 0.100. The van der Waals surface area contributed by atoms with Crippen molar-refractivity contribution < 1.29 is 4.92 Å². The molecule has 0 aromatic heterocycles. The molecular weight excluding hydrogens is 202 g/mol. The molecule has 1 unspecified atom stereocenters. The van der Waals surface area contributed by atoms with Gasteiger partial charge in [0.25, 0.3) is 5.69 Å². The number of benzene rings is 1. The second-order valence-corrected chi connectivity index (χ2v) is 3.16. The Labute approximate surface area is 87.2 Å². The maximum Gasteiger partial charge on any atom is 0.288 e. The first-order valence-electron chi connectivity index (χ1n) is 3.96. The molecule has 0 saturated carbocycles. The Hall–Kier alpha value is -1.35. The molecule has 3 nitrogen and oxygen atoms in total. The van der Waals surface area contributed by atoms with Crippen LogP contribution < -0.4 is 0 Å². The molecule has 0 aliphatic heterocycles. The third-order valence-electron chi connectivity index (χ3n) is 1.89. The summed E-state index contributed by atoms with van der Waals surface area (Å²) in [6, 6.07) is 4.65. The van der Waals surface area contributed by atoms with E-state index in [1.165, 1.54) is 6.07 Å². The molecule has 0 saturated heterocycles. The van der Waals surface area contributed by atoms with E-state index in [0.29, 0.717) is 5.56 Å². The Morgan fingerprint density at radius 2 is 2.21 bits per heavy atom. The minimum absolute atomic E-state index is 0.0975. The number of hydrogen-bond acceptors (Lipinski definition) is 2. The lowest BCUT2D eigenvalue weighted by atomic mass is 10.0. The van der Waals surface area contributed by atoms with Gasteiger partial charge in [0, 0.05) is 12.0 Å². The summed E-state index contributed by atoms with van der Waals surface area (Å²) in [5, 5.41) is 10.7. The molecule has 1 aromatic rings. The topological polar surface area (TPSA) is 43.1 Å². The van der Waals surface area contributed by atoms with Gasteiger partial charge in [0.05, 0.1) is 4.92 Å². The standard InChI is InChI=1S/C10H9ClNO2/c1-3-7(2)8-5-4-6-9(10(8)11)12(13)14/h3-7H,1-2H2. The largest absolute Gasteiger partial charge is 0.288 e. The van der Waals surface area contributed by atoms with Crippen LogP contribution in [-0.4, -0.2) is 4.92 Å². The minimum atomic E-state index is -0.512. The third kappa shape index (κ3) is 1.93. The molecule has 0 N–H and O–H groups in total. The maximum atomic E-state index is 10.6. The van der Waals surface area contributed by atoms with Gasteiger partial charge in [-0.2, -0.15) is 0 Å². The number of halogens is 1. The molecule has 73 valence electrons. The van der Waals surface area contributed by atoms with E-state index in [2.05, 4.69) is 13.5 Å². The lowest BCUT2D eigenvalue weighted by Gasteiger charge is -2.07. The van der Waals surface area contributed by atoms with Gasteiger partial charge in [0.2, 0.25) is 0 Å². The highest BCUT2D eigenvalue weighted by atomic mass is 35.5. The van der Waals surface area contributed by atoms with E-state index in [4.69, 9.17) is 11.6 Å². The summed E-state index contributed by atoms with van der Waals surface area (Å²) in [6.07, 6.45) is 1.59. The SMILES string of the molecule is [CH2]C(C=C)c1cccc([N+](=O)[O-])c1Cl. The molecule has 0 fully saturated rings. The van der Waals surface area contributed by atoms with Crippen molar-refractivity contribution in [1.82, 2.24) is 0 Å². The van der Waals surface area contributed by atoms with Crippen molar-refractivity contribution in [2.45, 2.75) is 5.92 Å². The van der Waals surface area contributed by atoms with Crippen LogP contribution in [0.25, 0.3) is 0 Å². The van der Waals surface area contributed by atoms with E-state index < -0.39 is 4.92 Å². The van der Waals surface area contributed by atoms with E-state index in [0.717, 1.165) is 0 Å². The lowest BCUT2D eigenvalue weighted by molar-refractivity contribution is -0.384. The van der Waals surface area contributed by atoms with Crippen molar-refractivity contribution in [3.8, 4) is 0 Å². The van der Waals surface area contributed by atoms with E-state index in [1.807, 2.05) is 0 Å². The van der Waals surface area contributed by atoms with Gasteiger partial charge >= 0.3 is 0 Å². The first kappa shape index (κ1) is 10.7. The molecule has 0 aliphatic carbocycles. The van der Waals surface area contributed by atoms with Crippen LogP contribution in [-0.2, 0) is 0 Å². The highest BCUT2D eigenvalue weighted by Crippen LogP contribution is 2.32. The number of nitro groups is 1. The van der Waals surface area contributed by atoms with Crippen molar-refractivity contribution in [3.05, 3.63) is 58.5 Å². The van der Waals surface area contributed by atoms with Gasteiger partial charge in [0.1, 0.15) is 5.02 Å². The van der Waals surface area contributed by atoms with Gasteiger partial charge in [-0.15, -0.1) is 6.58 Å². The Morgan fingerprint density at radius 1 is 1.57 bits per heavy atom. The number of hydrogen-bond donors (Lipinski definition) is 0. The van der Waals surface area contributed by atoms with Gasteiger partial charge in [-0.05, 0) is 12.5 Å². The minimum Gasteiger partial charge on any atom is -0.258 e. The maximum absolute atomic E-state index is 10.6. The summed E-state index contributed by atoms with van der Waals surface area (Å²) in [4.78, 5) is 10.0. The molecule has 0 heterocycles. The highest BCUT2D eigenvalue weighted by molar-refractivity contribution is 6.33. The van der Waals surface area contributed by atoms with Gasteiger partial charge in [-0.1, -0.05) is 29.8 Å². The Bertz CT molecular complexity index is 376. The molecular formula is C10H9ClNO2. The van der Waals surface area contributed by atoms with Crippen LogP contribution in [0.2, 0.25) is 5.02 Å². The zero-order valence-electron chi connectivity index (χ0n) is 7.44. The van der Waals surface area contributed by atoms with Crippen molar-refractivity contribution in [3.63, 3.8) is 0 Å². The van der Waals surface area contributed by atoms with Gasteiger partial charge in [0.15, 0.2) is 0 Å². The molecule has 0 bridgehead atoms. The van der Waals surface area contributed by atoms with Crippen LogP contribution in [0.1, 0.15) is 11.5 Å². The summed E-state index contributed by atoms with van der Waals surface area (Å²) in [5.41, 5.74) is 0.524. The Morgan fingerprint density at radius 3 is 2.71 bits per heavy atom.